The molecule has 0 spiro atoms. The summed E-state index contributed by atoms with van der Waals surface area (Å²) in [4.78, 5) is 29.4. The average molecular weight is 344 g/mol. The SMILES string of the molecule is CC1(CCNC=O)CCN(Nc2c(C(N)=O)cnc3[nH]ccc23)CC1. The predicted molar refractivity (Wildman–Crippen MR) is 95.8 cm³/mol. The molecule has 2 aromatic heterocycles. The zero-order chi connectivity index (χ0) is 17.9. The molecule has 1 saturated heterocycles. The lowest BCUT2D eigenvalue weighted by molar-refractivity contribution is -0.109. The number of nitrogens with two attached hydrogens (primary N) is 1. The van der Waals surface area contributed by atoms with Gasteiger partial charge in [-0.3, -0.25) is 9.59 Å². The number of nitrogens with one attached hydrogen (secondary N) is 3. The number of carbonyl (C=O) groups is 2. The Morgan fingerprint density at radius 1 is 1.48 bits per heavy atom. The number of anilines is 1. The van der Waals surface area contributed by atoms with Crippen LogP contribution >= 0.6 is 0 Å². The number of nitrogens with zero attached hydrogens (tertiary/aromatic N) is 2. The van der Waals surface area contributed by atoms with Gasteiger partial charge in [0.05, 0.1) is 11.3 Å². The molecule has 0 unspecified atom stereocenters. The van der Waals surface area contributed by atoms with E-state index in [1.807, 2.05) is 6.07 Å². The number of primary amides is 1. The molecule has 8 nitrogen and oxygen atoms in total. The van der Waals surface area contributed by atoms with E-state index in [1.54, 1.807) is 6.20 Å². The van der Waals surface area contributed by atoms with E-state index in [-0.39, 0.29) is 5.41 Å². The van der Waals surface area contributed by atoms with Crippen molar-refractivity contribution < 1.29 is 9.59 Å². The van der Waals surface area contributed by atoms with Gasteiger partial charge in [-0.15, -0.1) is 0 Å². The minimum Gasteiger partial charge on any atom is -0.365 e. The van der Waals surface area contributed by atoms with Crippen molar-refractivity contribution in [2.24, 2.45) is 11.1 Å². The van der Waals surface area contributed by atoms with Gasteiger partial charge in [0, 0.05) is 37.4 Å². The molecule has 0 atom stereocenters. The molecule has 3 heterocycles. The summed E-state index contributed by atoms with van der Waals surface area (Å²) in [6.07, 6.45) is 7.02. The number of hydrogen-bond donors (Lipinski definition) is 4. The first kappa shape index (κ1) is 17.2. The van der Waals surface area contributed by atoms with Crippen molar-refractivity contribution >= 4 is 29.0 Å². The third-order valence-corrected chi connectivity index (χ3v) is 5.05. The Bertz CT molecular complexity index is 764. The van der Waals surface area contributed by atoms with Gasteiger partial charge < -0.3 is 21.5 Å². The van der Waals surface area contributed by atoms with Crippen LogP contribution < -0.4 is 16.5 Å². The molecule has 1 fully saturated rings. The van der Waals surface area contributed by atoms with Crippen LogP contribution in [0.25, 0.3) is 11.0 Å². The van der Waals surface area contributed by atoms with Crippen LogP contribution in [-0.4, -0.2) is 46.9 Å². The van der Waals surface area contributed by atoms with Crippen LogP contribution in [0.3, 0.4) is 0 Å². The second-order valence-corrected chi connectivity index (χ2v) is 6.88. The molecule has 8 heteroatoms. The number of aromatic amines is 1. The van der Waals surface area contributed by atoms with E-state index in [1.165, 1.54) is 6.20 Å². The van der Waals surface area contributed by atoms with Crippen LogP contribution in [0.4, 0.5) is 5.69 Å². The summed E-state index contributed by atoms with van der Waals surface area (Å²) in [5.74, 6) is -0.500. The van der Waals surface area contributed by atoms with Gasteiger partial charge >= 0.3 is 0 Å². The number of amides is 2. The number of hydrazine groups is 1. The Kier molecular flexibility index (Phi) is 4.89. The first-order chi connectivity index (χ1) is 12.0. The molecule has 0 bridgehead atoms. The minimum atomic E-state index is -0.500. The van der Waals surface area contributed by atoms with E-state index in [0.717, 1.165) is 44.1 Å². The summed E-state index contributed by atoms with van der Waals surface area (Å²) < 4.78 is 0. The Morgan fingerprint density at radius 2 is 2.24 bits per heavy atom. The maximum Gasteiger partial charge on any atom is 0.252 e. The van der Waals surface area contributed by atoms with E-state index < -0.39 is 5.91 Å². The van der Waals surface area contributed by atoms with Crippen molar-refractivity contribution in [1.29, 1.82) is 0 Å². The zero-order valence-corrected chi connectivity index (χ0v) is 14.3. The van der Waals surface area contributed by atoms with Gasteiger partial charge in [-0.1, -0.05) is 6.92 Å². The van der Waals surface area contributed by atoms with Crippen LogP contribution in [0, 0.1) is 5.41 Å². The third kappa shape index (κ3) is 3.74. The highest BCUT2D eigenvalue weighted by atomic mass is 16.1. The summed E-state index contributed by atoms with van der Waals surface area (Å²) in [6, 6.07) is 1.89. The highest BCUT2D eigenvalue weighted by Crippen LogP contribution is 2.35. The standard InChI is InChI=1S/C17H24N6O2/c1-17(3-7-19-11-24)4-8-23(9-5-17)22-14-12-2-6-20-16(12)21-10-13(14)15(18)25/h2,6,10-11H,3-5,7-9H2,1H3,(H2,18,25)(H,19,24)(H2,20,21,22). The molecule has 0 aliphatic carbocycles. The second kappa shape index (κ2) is 7.10. The van der Waals surface area contributed by atoms with E-state index in [9.17, 15) is 9.59 Å². The predicted octanol–water partition coefficient (Wildman–Crippen LogP) is 1.23. The van der Waals surface area contributed by atoms with Crippen molar-refractivity contribution in [2.45, 2.75) is 26.2 Å². The largest absolute Gasteiger partial charge is 0.365 e. The normalized spacial score (nSPS) is 17.3. The van der Waals surface area contributed by atoms with Gasteiger partial charge in [-0.05, 0) is 30.7 Å². The Labute approximate surface area is 146 Å². The van der Waals surface area contributed by atoms with Gasteiger partial charge in [-0.2, -0.15) is 0 Å². The molecule has 134 valence electrons. The fourth-order valence-corrected chi connectivity index (χ4v) is 3.31. The highest BCUT2D eigenvalue weighted by Gasteiger charge is 2.30. The molecule has 2 aromatic rings. The van der Waals surface area contributed by atoms with Crippen LogP contribution in [0.5, 0.6) is 0 Å². The Morgan fingerprint density at radius 3 is 2.92 bits per heavy atom. The topological polar surface area (TPSA) is 116 Å². The molecule has 0 saturated carbocycles. The molecule has 0 radical (unpaired) electrons. The quantitative estimate of drug-likeness (QED) is 0.445. The summed E-state index contributed by atoms with van der Waals surface area (Å²) in [5, 5.41) is 5.70. The fourth-order valence-electron chi connectivity index (χ4n) is 3.31. The Balaban J connectivity index is 1.71. The maximum absolute atomic E-state index is 11.8. The number of piperidine rings is 1. The summed E-state index contributed by atoms with van der Waals surface area (Å²) in [5.41, 5.74) is 10.9. The number of pyridine rings is 1. The first-order valence-electron chi connectivity index (χ1n) is 8.47. The highest BCUT2D eigenvalue weighted by molar-refractivity contribution is 6.05. The molecular weight excluding hydrogens is 320 g/mol. The van der Waals surface area contributed by atoms with Crippen LogP contribution in [0.15, 0.2) is 18.5 Å². The van der Waals surface area contributed by atoms with Crippen molar-refractivity contribution in [1.82, 2.24) is 20.3 Å². The number of fused-ring (bicyclic) bond motifs is 1. The van der Waals surface area contributed by atoms with Gasteiger partial charge in [0.25, 0.3) is 5.91 Å². The van der Waals surface area contributed by atoms with Gasteiger partial charge in [0.15, 0.2) is 0 Å². The van der Waals surface area contributed by atoms with Gasteiger partial charge in [0.2, 0.25) is 6.41 Å². The van der Waals surface area contributed by atoms with E-state index in [2.05, 4.69) is 32.6 Å². The molecule has 5 N–H and O–H groups in total. The summed E-state index contributed by atoms with van der Waals surface area (Å²) in [6.45, 7) is 4.66. The van der Waals surface area contributed by atoms with Gasteiger partial charge in [0.1, 0.15) is 5.65 Å². The van der Waals surface area contributed by atoms with Crippen molar-refractivity contribution in [3.63, 3.8) is 0 Å². The number of rotatable bonds is 7. The average Bonchev–Trinajstić information content (AvgIpc) is 3.06. The van der Waals surface area contributed by atoms with Crippen LogP contribution in [0.1, 0.15) is 36.5 Å². The number of hydrogen-bond acceptors (Lipinski definition) is 5. The van der Waals surface area contributed by atoms with Gasteiger partial charge in [-0.25, -0.2) is 9.99 Å². The van der Waals surface area contributed by atoms with Crippen molar-refractivity contribution in [3.05, 3.63) is 24.0 Å². The second-order valence-electron chi connectivity index (χ2n) is 6.88. The first-order valence-corrected chi connectivity index (χ1v) is 8.47. The fraction of sp³-hybridized carbons (Fsp3) is 0.471. The third-order valence-electron chi connectivity index (χ3n) is 5.05. The van der Waals surface area contributed by atoms with Crippen molar-refractivity contribution in [3.8, 4) is 0 Å². The molecule has 0 aromatic carbocycles. The number of H-pyrrole nitrogens is 1. The smallest absolute Gasteiger partial charge is 0.252 e. The molecule has 1 aliphatic rings. The lowest BCUT2D eigenvalue weighted by Crippen LogP contribution is -2.43. The van der Waals surface area contributed by atoms with E-state index >= 15 is 0 Å². The molecule has 2 amide bonds. The molecule has 25 heavy (non-hydrogen) atoms. The van der Waals surface area contributed by atoms with Crippen LogP contribution in [0.2, 0.25) is 0 Å². The maximum atomic E-state index is 11.8. The zero-order valence-electron chi connectivity index (χ0n) is 14.3. The van der Waals surface area contributed by atoms with Crippen molar-refractivity contribution in [2.75, 3.05) is 25.1 Å². The lowest BCUT2D eigenvalue weighted by atomic mass is 9.78. The monoisotopic (exact) mass is 344 g/mol. The molecular formula is C17H24N6O2. The van der Waals surface area contributed by atoms with E-state index in [4.69, 9.17) is 5.73 Å². The van der Waals surface area contributed by atoms with Crippen LogP contribution in [-0.2, 0) is 4.79 Å². The summed E-state index contributed by atoms with van der Waals surface area (Å²) >= 11 is 0. The number of carbonyl (C=O) groups excluding carboxylic acids is 2. The minimum absolute atomic E-state index is 0.211. The van der Waals surface area contributed by atoms with E-state index in [0.29, 0.717) is 23.4 Å². The number of aromatic nitrogens is 2. The lowest BCUT2D eigenvalue weighted by Gasteiger charge is -2.40. The Hall–Kier alpha value is -2.61. The molecule has 3 rings (SSSR count). The molecule has 1 aliphatic heterocycles. The summed E-state index contributed by atoms with van der Waals surface area (Å²) in [7, 11) is 0.